The zero-order chi connectivity index (χ0) is 12.9. The second-order valence-electron chi connectivity index (χ2n) is 4.91. The molecule has 0 aliphatic heterocycles. The predicted molar refractivity (Wildman–Crippen MR) is 67.1 cm³/mol. The average molecular weight is 239 g/mol. The Morgan fingerprint density at radius 2 is 2.18 bits per heavy atom. The second-order valence-corrected chi connectivity index (χ2v) is 4.91. The first-order chi connectivity index (χ1) is 7.98. The molecule has 5 heteroatoms. The summed E-state index contributed by atoms with van der Waals surface area (Å²) in [4.78, 5) is 11.5. The van der Waals surface area contributed by atoms with Crippen LogP contribution < -0.4 is 16.0 Å². The monoisotopic (exact) mass is 239 g/mol. The fourth-order valence-electron chi connectivity index (χ4n) is 1.51. The predicted octanol–water partition coefficient (Wildman–Crippen LogP) is 1.02. The van der Waals surface area contributed by atoms with Crippen molar-refractivity contribution >= 4 is 0 Å². The molecule has 0 aliphatic carbocycles. The summed E-state index contributed by atoms with van der Waals surface area (Å²) < 4.78 is 6.42. The van der Waals surface area contributed by atoms with E-state index in [1.807, 2.05) is 0 Å². The third kappa shape index (κ3) is 4.19. The number of hydrogen-bond acceptors (Lipinski definition) is 4. The molecule has 5 nitrogen and oxygen atoms in total. The molecular weight excluding hydrogens is 218 g/mol. The number of nitrogens with two attached hydrogens (primary N) is 1. The first kappa shape index (κ1) is 13.7. The van der Waals surface area contributed by atoms with Crippen molar-refractivity contribution in [2.45, 2.75) is 33.2 Å². The van der Waals surface area contributed by atoms with Gasteiger partial charge in [0.2, 0.25) is 5.88 Å². The molecule has 0 bridgehead atoms. The van der Waals surface area contributed by atoms with Crippen LogP contribution in [0, 0.1) is 5.41 Å². The van der Waals surface area contributed by atoms with Crippen LogP contribution in [-0.2, 0) is 6.54 Å². The van der Waals surface area contributed by atoms with Crippen molar-refractivity contribution in [2.75, 3.05) is 13.7 Å². The van der Waals surface area contributed by atoms with Crippen LogP contribution in [0.3, 0.4) is 0 Å². The minimum absolute atomic E-state index is 0.101. The van der Waals surface area contributed by atoms with Crippen molar-refractivity contribution < 1.29 is 4.74 Å². The number of ether oxygens (including phenoxy) is 1. The van der Waals surface area contributed by atoms with Gasteiger partial charge in [0.25, 0.3) is 5.56 Å². The van der Waals surface area contributed by atoms with Crippen LogP contribution >= 0.6 is 0 Å². The summed E-state index contributed by atoms with van der Waals surface area (Å²) in [5.41, 5.74) is 5.67. The van der Waals surface area contributed by atoms with Crippen LogP contribution in [0.5, 0.6) is 5.88 Å². The molecule has 0 fully saturated rings. The van der Waals surface area contributed by atoms with Gasteiger partial charge >= 0.3 is 0 Å². The first-order valence-corrected chi connectivity index (χ1v) is 5.81. The molecule has 0 saturated carbocycles. The lowest BCUT2D eigenvalue weighted by Crippen LogP contribution is -2.26. The molecular formula is C12H21N3O2. The third-order valence-corrected chi connectivity index (χ3v) is 2.83. The van der Waals surface area contributed by atoms with Crippen molar-refractivity contribution in [1.29, 1.82) is 0 Å². The molecule has 17 heavy (non-hydrogen) atoms. The summed E-state index contributed by atoms with van der Waals surface area (Å²) in [6, 6.07) is 3.04. The molecule has 0 amide bonds. The summed E-state index contributed by atoms with van der Waals surface area (Å²) in [5.74, 6) is 0.461. The van der Waals surface area contributed by atoms with E-state index in [0.29, 0.717) is 19.0 Å². The Morgan fingerprint density at radius 1 is 1.47 bits per heavy atom. The largest absolute Gasteiger partial charge is 0.480 e. The van der Waals surface area contributed by atoms with Gasteiger partial charge in [-0.15, -0.1) is 5.10 Å². The van der Waals surface area contributed by atoms with Crippen LogP contribution in [0.4, 0.5) is 0 Å². The maximum absolute atomic E-state index is 11.5. The number of rotatable bonds is 6. The topological polar surface area (TPSA) is 70.1 Å². The highest BCUT2D eigenvalue weighted by Gasteiger charge is 2.14. The highest BCUT2D eigenvalue weighted by molar-refractivity contribution is 5.05. The fourth-order valence-corrected chi connectivity index (χ4v) is 1.51. The molecule has 0 aromatic carbocycles. The Balaban J connectivity index is 2.60. The molecule has 1 aromatic heterocycles. The lowest BCUT2D eigenvalue weighted by Gasteiger charge is -2.21. The zero-order valence-electron chi connectivity index (χ0n) is 10.8. The standard InChI is InChI=1S/C12H21N3O2/c1-12(2,9-13)7-4-8-15-11(16)6-5-10(14-15)17-3/h5-6H,4,7-9,13H2,1-3H3. The van der Waals surface area contributed by atoms with Crippen molar-refractivity contribution in [3.8, 4) is 5.88 Å². The second kappa shape index (κ2) is 5.82. The summed E-state index contributed by atoms with van der Waals surface area (Å²) in [6.45, 7) is 5.48. The van der Waals surface area contributed by atoms with E-state index in [0.717, 1.165) is 12.8 Å². The average Bonchev–Trinajstić information content (AvgIpc) is 2.31. The van der Waals surface area contributed by atoms with Gasteiger partial charge in [-0.1, -0.05) is 13.8 Å². The summed E-state index contributed by atoms with van der Waals surface area (Å²) in [6.07, 6.45) is 1.85. The van der Waals surface area contributed by atoms with Gasteiger partial charge in [0.05, 0.1) is 7.11 Å². The molecule has 0 spiro atoms. The molecule has 1 aromatic rings. The van der Waals surface area contributed by atoms with Crippen LogP contribution in [0.15, 0.2) is 16.9 Å². The number of aromatic nitrogens is 2. The molecule has 0 atom stereocenters. The highest BCUT2D eigenvalue weighted by atomic mass is 16.5. The van der Waals surface area contributed by atoms with Gasteiger partial charge < -0.3 is 10.5 Å². The molecule has 1 rings (SSSR count). The number of hydrogen-bond donors (Lipinski definition) is 1. The lowest BCUT2D eigenvalue weighted by atomic mass is 9.88. The van der Waals surface area contributed by atoms with Gasteiger partial charge in [0, 0.05) is 18.7 Å². The highest BCUT2D eigenvalue weighted by Crippen LogP contribution is 2.20. The summed E-state index contributed by atoms with van der Waals surface area (Å²) in [5, 5.41) is 4.09. The quantitative estimate of drug-likeness (QED) is 0.804. The van der Waals surface area contributed by atoms with E-state index in [1.165, 1.54) is 17.9 Å². The van der Waals surface area contributed by atoms with Crippen molar-refractivity contribution in [3.63, 3.8) is 0 Å². The zero-order valence-corrected chi connectivity index (χ0v) is 10.8. The van der Waals surface area contributed by atoms with Crippen molar-refractivity contribution in [3.05, 3.63) is 22.5 Å². The normalized spacial score (nSPS) is 11.5. The summed E-state index contributed by atoms with van der Waals surface area (Å²) in [7, 11) is 1.54. The van der Waals surface area contributed by atoms with Gasteiger partial charge in [-0.3, -0.25) is 4.79 Å². The van der Waals surface area contributed by atoms with Crippen LogP contribution in [-0.4, -0.2) is 23.4 Å². The van der Waals surface area contributed by atoms with Gasteiger partial charge in [0.15, 0.2) is 0 Å². The minimum Gasteiger partial charge on any atom is -0.480 e. The van der Waals surface area contributed by atoms with E-state index >= 15 is 0 Å². The Hall–Kier alpha value is -1.36. The molecule has 0 radical (unpaired) electrons. The Morgan fingerprint density at radius 3 is 2.76 bits per heavy atom. The van der Waals surface area contributed by atoms with Crippen molar-refractivity contribution in [1.82, 2.24) is 9.78 Å². The Bertz CT molecular complexity index is 412. The minimum atomic E-state index is -0.101. The number of aryl methyl sites for hydroxylation is 1. The molecule has 0 aliphatic rings. The van der Waals surface area contributed by atoms with Crippen LogP contribution in [0.1, 0.15) is 26.7 Å². The SMILES string of the molecule is COc1ccc(=O)n(CCCC(C)(C)CN)n1. The Labute approximate surface area is 102 Å². The lowest BCUT2D eigenvalue weighted by molar-refractivity contribution is 0.317. The molecule has 96 valence electrons. The van der Waals surface area contributed by atoms with Crippen LogP contribution in [0.2, 0.25) is 0 Å². The maximum atomic E-state index is 11.5. The van der Waals surface area contributed by atoms with Crippen molar-refractivity contribution in [2.24, 2.45) is 11.1 Å². The molecule has 0 unspecified atom stereocenters. The smallest absolute Gasteiger partial charge is 0.266 e. The maximum Gasteiger partial charge on any atom is 0.266 e. The van der Waals surface area contributed by atoms with Crippen LogP contribution in [0.25, 0.3) is 0 Å². The third-order valence-electron chi connectivity index (χ3n) is 2.83. The Kier molecular flexibility index (Phi) is 4.69. The van der Waals surface area contributed by atoms with E-state index in [2.05, 4.69) is 18.9 Å². The number of nitrogens with zero attached hydrogens (tertiary/aromatic N) is 2. The molecule has 1 heterocycles. The first-order valence-electron chi connectivity index (χ1n) is 5.81. The van der Waals surface area contributed by atoms with E-state index in [-0.39, 0.29) is 11.0 Å². The van der Waals surface area contributed by atoms with E-state index in [1.54, 1.807) is 6.07 Å². The molecule has 0 saturated heterocycles. The van der Waals surface area contributed by atoms with Gasteiger partial charge in [-0.05, 0) is 24.8 Å². The summed E-state index contributed by atoms with van der Waals surface area (Å²) >= 11 is 0. The van der Waals surface area contributed by atoms with E-state index < -0.39 is 0 Å². The fraction of sp³-hybridized carbons (Fsp3) is 0.667. The molecule has 2 N–H and O–H groups in total. The van der Waals surface area contributed by atoms with E-state index in [9.17, 15) is 4.79 Å². The number of methoxy groups -OCH3 is 1. The van der Waals surface area contributed by atoms with Gasteiger partial charge in [-0.2, -0.15) is 0 Å². The van der Waals surface area contributed by atoms with E-state index in [4.69, 9.17) is 10.5 Å². The van der Waals surface area contributed by atoms with Gasteiger partial charge in [-0.25, -0.2) is 4.68 Å². The van der Waals surface area contributed by atoms with Gasteiger partial charge in [0.1, 0.15) is 0 Å².